The highest BCUT2D eigenvalue weighted by Gasteiger charge is 2.20. The van der Waals surface area contributed by atoms with E-state index in [0.717, 1.165) is 36.7 Å². The van der Waals surface area contributed by atoms with Gasteiger partial charge in [-0.2, -0.15) is 0 Å². The van der Waals surface area contributed by atoms with Gasteiger partial charge >= 0.3 is 0 Å². The van der Waals surface area contributed by atoms with Crippen LogP contribution in [0.1, 0.15) is 31.2 Å². The Balaban J connectivity index is 1.87. The second-order valence-corrected chi connectivity index (χ2v) is 7.13. The lowest BCUT2D eigenvalue weighted by atomic mass is 9.97. The summed E-state index contributed by atoms with van der Waals surface area (Å²) < 4.78 is 42.7. The average molecular weight is 320 g/mol. The molecule has 1 heterocycles. The van der Waals surface area contributed by atoms with Crippen molar-refractivity contribution < 1.29 is 13.2 Å². The van der Waals surface area contributed by atoms with E-state index >= 15 is 0 Å². The molecule has 3 aromatic rings. The van der Waals surface area contributed by atoms with Gasteiger partial charge < -0.3 is 0 Å². The lowest BCUT2D eigenvalue weighted by Gasteiger charge is -2.10. The average Bonchev–Trinajstić information content (AvgIpc) is 3.14. The molecule has 4 rings (SSSR count). The van der Waals surface area contributed by atoms with Crippen molar-refractivity contribution >= 4 is 31.5 Å². The van der Waals surface area contributed by atoms with Crippen molar-refractivity contribution in [3.63, 3.8) is 0 Å². The number of thiophene rings is 1. The van der Waals surface area contributed by atoms with E-state index in [2.05, 4.69) is 0 Å². The molecule has 0 unspecified atom stereocenters. The van der Waals surface area contributed by atoms with Crippen molar-refractivity contribution in [1.82, 2.24) is 0 Å². The molecule has 0 saturated heterocycles. The fraction of sp³-hybridized carbons (Fsp3) is 0.333. The first-order valence-corrected chi connectivity index (χ1v) is 8.44. The zero-order valence-corrected chi connectivity index (χ0v) is 12.8. The quantitative estimate of drug-likeness (QED) is 0.527. The molecule has 22 heavy (non-hydrogen) atoms. The van der Waals surface area contributed by atoms with Gasteiger partial charge in [0, 0.05) is 10.8 Å². The molecule has 0 bridgehead atoms. The lowest BCUT2D eigenvalue weighted by molar-refractivity contribution is 0.518. The van der Waals surface area contributed by atoms with Crippen molar-refractivity contribution in [3.8, 4) is 0 Å². The molecule has 2 aromatic carbocycles. The van der Waals surface area contributed by atoms with E-state index in [4.69, 9.17) is 0 Å². The number of hydrogen-bond donors (Lipinski definition) is 0. The van der Waals surface area contributed by atoms with Crippen molar-refractivity contribution in [1.29, 1.82) is 0 Å². The third-order valence-corrected chi connectivity index (χ3v) is 5.91. The molecule has 114 valence electrons. The zero-order chi connectivity index (χ0) is 15.3. The van der Waals surface area contributed by atoms with E-state index in [9.17, 15) is 13.2 Å². The van der Waals surface area contributed by atoms with E-state index in [1.165, 1.54) is 18.9 Å². The van der Waals surface area contributed by atoms with Crippen LogP contribution in [0.15, 0.2) is 24.3 Å². The predicted octanol–water partition coefficient (Wildman–Crippen LogP) is 6.20. The summed E-state index contributed by atoms with van der Waals surface area (Å²) in [6.07, 6.45) is 5.50. The molecule has 0 amide bonds. The van der Waals surface area contributed by atoms with Crippen LogP contribution in [0, 0.1) is 23.4 Å². The maximum atomic E-state index is 14.8. The maximum Gasteiger partial charge on any atom is 0.176 e. The Kier molecular flexibility index (Phi) is 3.37. The standard InChI is InChI=1S/C18H15F3S/c19-14-8-7-13-12-6-5-11(9-10-3-1-2-4-10)15(20)17(12)22-18(13)16(14)21/h5-8,10H,1-4,9H2. The van der Waals surface area contributed by atoms with Crippen LogP contribution in [-0.2, 0) is 6.42 Å². The molecule has 0 aliphatic heterocycles. The summed E-state index contributed by atoms with van der Waals surface area (Å²) >= 11 is 1.01. The maximum absolute atomic E-state index is 14.8. The largest absolute Gasteiger partial charge is 0.205 e. The van der Waals surface area contributed by atoms with Crippen LogP contribution in [0.25, 0.3) is 20.2 Å². The van der Waals surface area contributed by atoms with Crippen LogP contribution in [0.4, 0.5) is 13.2 Å². The minimum absolute atomic E-state index is 0.201. The Hall–Kier alpha value is -1.55. The predicted molar refractivity (Wildman–Crippen MR) is 84.9 cm³/mol. The Morgan fingerprint density at radius 1 is 0.864 bits per heavy atom. The molecule has 0 nitrogen and oxygen atoms in total. The number of benzene rings is 2. The molecule has 0 radical (unpaired) electrons. The molecule has 0 spiro atoms. The first kappa shape index (κ1) is 14.1. The van der Waals surface area contributed by atoms with Crippen molar-refractivity contribution in [2.45, 2.75) is 32.1 Å². The molecule has 1 saturated carbocycles. The monoisotopic (exact) mass is 320 g/mol. The van der Waals surface area contributed by atoms with Gasteiger partial charge in [-0.25, -0.2) is 13.2 Å². The fourth-order valence-electron chi connectivity index (χ4n) is 3.54. The zero-order valence-electron chi connectivity index (χ0n) is 12.0. The van der Waals surface area contributed by atoms with E-state index in [-0.39, 0.29) is 10.5 Å². The molecule has 1 aromatic heterocycles. The summed E-state index contributed by atoms with van der Waals surface area (Å²) in [6.45, 7) is 0. The highest BCUT2D eigenvalue weighted by atomic mass is 32.1. The molecule has 4 heteroatoms. The Morgan fingerprint density at radius 3 is 2.23 bits per heavy atom. The Labute approximate surface area is 130 Å². The van der Waals surface area contributed by atoms with Crippen LogP contribution in [0.5, 0.6) is 0 Å². The van der Waals surface area contributed by atoms with E-state index in [0.29, 0.717) is 27.0 Å². The normalized spacial score (nSPS) is 16.1. The number of fused-ring (bicyclic) bond motifs is 3. The van der Waals surface area contributed by atoms with Crippen LogP contribution >= 0.6 is 11.3 Å². The van der Waals surface area contributed by atoms with Crippen molar-refractivity contribution in [3.05, 3.63) is 47.3 Å². The topological polar surface area (TPSA) is 0 Å². The first-order chi connectivity index (χ1) is 10.6. The second kappa shape index (κ2) is 5.27. The molecule has 1 fully saturated rings. The fourth-order valence-corrected chi connectivity index (χ4v) is 4.73. The third kappa shape index (κ3) is 2.12. The molecule has 0 N–H and O–H groups in total. The van der Waals surface area contributed by atoms with Crippen LogP contribution < -0.4 is 0 Å². The van der Waals surface area contributed by atoms with Crippen LogP contribution in [0.3, 0.4) is 0 Å². The van der Waals surface area contributed by atoms with E-state index in [1.807, 2.05) is 12.1 Å². The van der Waals surface area contributed by atoms with Gasteiger partial charge in [0.05, 0.1) is 9.40 Å². The van der Waals surface area contributed by atoms with E-state index < -0.39 is 11.6 Å². The SMILES string of the molecule is Fc1ccc2c(sc3c(F)c(CC4CCCC4)ccc32)c1F. The molecular formula is C18H15F3S. The molecule has 0 atom stereocenters. The molecule has 1 aliphatic carbocycles. The summed E-state index contributed by atoms with van der Waals surface area (Å²) in [6, 6.07) is 6.29. The van der Waals surface area contributed by atoms with Gasteiger partial charge in [-0.3, -0.25) is 0 Å². The lowest BCUT2D eigenvalue weighted by Crippen LogP contribution is -2.01. The van der Waals surface area contributed by atoms with Gasteiger partial charge in [-0.05, 0) is 30.0 Å². The number of hydrogen-bond acceptors (Lipinski definition) is 1. The van der Waals surface area contributed by atoms with Gasteiger partial charge in [-0.15, -0.1) is 11.3 Å². The van der Waals surface area contributed by atoms with Crippen LogP contribution in [0.2, 0.25) is 0 Å². The molecule has 1 aliphatic rings. The minimum Gasteiger partial charge on any atom is -0.205 e. The highest BCUT2D eigenvalue weighted by molar-refractivity contribution is 7.25. The second-order valence-electron chi connectivity index (χ2n) is 6.11. The van der Waals surface area contributed by atoms with Crippen molar-refractivity contribution in [2.24, 2.45) is 5.92 Å². The van der Waals surface area contributed by atoms with Gasteiger partial charge in [0.2, 0.25) is 0 Å². The third-order valence-electron chi connectivity index (χ3n) is 4.70. The molecular weight excluding hydrogens is 305 g/mol. The highest BCUT2D eigenvalue weighted by Crippen LogP contribution is 2.39. The number of rotatable bonds is 2. The summed E-state index contributed by atoms with van der Waals surface area (Å²) in [5.74, 6) is -1.47. The smallest absolute Gasteiger partial charge is 0.176 e. The van der Waals surface area contributed by atoms with E-state index in [1.54, 1.807) is 0 Å². The van der Waals surface area contributed by atoms with Gasteiger partial charge in [0.1, 0.15) is 5.82 Å². The Morgan fingerprint density at radius 2 is 1.50 bits per heavy atom. The van der Waals surface area contributed by atoms with Crippen molar-refractivity contribution in [2.75, 3.05) is 0 Å². The van der Waals surface area contributed by atoms with Gasteiger partial charge in [0.25, 0.3) is 0 Å². The summed E-state index contributed by atoms with van der Waals surface area (Å²) in [7, 11) is 0. The first-order valence-electron chi connectivity index (χ1n) is 7.62. The minimum atomic E-state index is -0.884. The van der Waals surface area contributed by atoms with Gasteiger partial charge in [0.15, 0.2) is 11.6 Å². The Bertz CT molecular complexity index is 860. The summed E-state index contributed by atoms with van der Waals surface area (Å²) in [5.41, 5.74) is 0.701. The number of halogens is 3. The summed E-state index contributed by atoms with van der Waals surface area (Å²) in [5, 5.41) is 1.26. The van der Waals surface area contributed by atoms with Crippen LogP contribution in [-0.4, -0.2) is 0 Å². The van der Waals surface area contributed by atoms with Gasteiger partial charge in [-0.1, -0.05) is 37.8 Å². The summed E-state index contributed by atoms with van der Waals surface area (Å²) in [4.78, 5) is 0.